The maximum atomic E-state index is 6.01. The Morgan fingerprint density at radius 1 is 1.07 bits per heavy atom. The van der Waals surface area contributed by atoms with E-state index in [9.17, 15) is 0 Å². The number of anilines is 2. The van der Waals surface area contributed by atoms with Gasteiger partial charge in [-0.3, -0.25) is 9.97 Å². The van der Waals surface area contributed by atoms with E-state index < -0.39 is 0 Å². The Labute approximate surface area is 270 Å². The van der Waals surface area contributed by atoms with Gasteiger partial charge in [0.25, 0.3) is 5.89 Å². The largest absolute Gasteiger partial charge is 0.403 e. The molecule has 3 N–H and O–H groups in total. The van der Waals surface area contributed by atoms with Crippen LogP contribution in [0.25, 0.3) is 32.0 Å². The van der Waals surface area contributed by atoms with E-state index in [0.29, 0.717) is 23.6 Å². The lowest BCUT2D eigenvalue weighted by Gasteiger charge is -2.23. The molecule has 0 spiro atoms. The number of rotatable bonds is 8. The second-order valence-corrected chi connectivity index (χ2v) is 14.8. The van der Waals surface area contributed by atoms with E-state index in [-0.39, 0.29) is 12.1 Å². The number of pyridine rings is 3. The molecule has 0 saturated carbocycles. The molecule has 11 heteroatoms. The maximum absolute atomic E-state index is 6.01. The highest BCUT2D eigenvalue weighted by molar-refractivity contribution is 7.99. The SMILES string of the molecule is CC(C)C1CSc2c1nc(CCC1CCOCC1)c(-c1nnc(N)o1)c2-c1cc2ccnc(NC3CCc4ncccc43)c2s1. The van der Waals surface area contributed by atoms with Crippen LogP contribution in [0.1, 0.15) is 74.1 Å². The highest BCUT2D eigenvalue weighted by Gasteiger charge is 2.35. The van der Waals surface area contributed by atoms with Crippen LogP contribution >= 0.6 is 23.1 Å². The fourth-order valence-corrected chi connectivity index (χ4v) is 9.89. The second-order valence-electron chi connectivity index (χ2n) is 12.7. The third-order valence-corrected chi connectivity index (χ3v) is 12.0. The number of ether oxygens (including phenoxy) is 1. The topological polar surface area (TPSA) is 125 Å². The Hall–Kier alpha value is -3.54. The summed E-state index contributed by atoms with van der Waals surface area (Å²) < 4.78 is 12.8. The van der Waals surface area contributed by atoms with E-state index in [2.05, 4.69) is 52.5 Å². The number of hydrogen-bond acceptors (Lipinski definition) is 11. The van der Waals surface area contributed by atoms with Gasteiger partial charge >= 0.3 is 6.01 Å². The minimum atomic E-state index is 0.0675. The fourth-order valence-electron chi connectivity index (χ4n) is 7.07. The molecule has 9 nitrogen and oxygen atoms in total. The number of fused-ring (bicyclic) bond motifs is 3. The summed E-state index contributed by atoms with van der Waals surface area (Å²) in [5.74, 6) is 3.85. The van der Waals surface area contributed by atoms with Crippen molar-refractivity contribution in [1.29, 1.82) is 0 Å². The summed E-state index contributed by atoms with van der Waals surface area (Å²) in [5, 5.41) is 13.4. The van der Waals surface area contributed by atoms with Gasteiger partial charge in [-0.05, 0) is 79.5 Å². The molecule has 3 aliphatic rings. The van der Waals surface area contributed by atoms with E-state index in [4.69, 9.17) is 24.9 Å². The van der Waals surface area contributed by atoms with Gasteiger partial charge in [0.05, 0.1) is 27.7 Å². The van der Waals surface area contributed by atoms with Gasteiger partial charge < -0.3 is 20.2 Å². The molecule has 5 aromatic rings. The average molecular weight is 640 g/mol. The van der Waals surface area contributed by atoms with Crippen molar-refractivity contribution in [3.8, 4) is 21.9 Å². The highest BCUT2D eigenvalue weighted by atomic mass is 32.2. The second kappa shape index (κ2) is 12.0. The number of thiophene rings is 1. The fraction of sp³-hybridized carbons (Fsp3) is 0.441. The number of nitrogens with zero attached hydrogens (tertiary/aromatic N) is 5. The molecule has 0 radical (unpaired) electrons. The molecule has 2 atom stereocenters. The van der Waals surface area contributed by atoms with Crippen LogP contribution in [0.3, 0.4) is 0 Å². The summed E-state index contributed by atoms with van der Waals surface area (Å²) >= 11 is 3.67. The van der Waals surface area contributed by atoms with Crippen LogP contribution in [0.4, 0.5) is 11.8 Å². The number of nitrogen functional groups attached to an aromatic ring is 1. The molecule has 45 heavy (non-hydrogen) atoms. The molecule has 1 aliphatic carbocycles. The van der Waals surface area contributed by atoms with Crippen molar-refractivity contribution in [3.63, 3.8) is 0 Å². The van der Waals surface area contributed by atoms with Crippen LogP contribution in [-0.2, 0) is 17.6 Å². The molecule has 0 amide bonds. The normalized spacial score (nSPS) is 19.8. The molecule has 232 valence electrons. The quantitative estimate of drug-likeness (QED) is 0.175. The van der Waals surface area contributed by atoms with Gasteiger partial charge in [-0.2, -0.15) is 0 Å². The number of nitrogens with one attached hydrogen (secondary N) is 1. The first-order valence-corrected chi connectivity index (χ1v) is 17.8. The molecular weight excluding hydrogens is 603 g/mol. The van der Waals surface area contributed by atoms with Gasteiger partial charge in [0.15, 0.2) is 0 Å². The Morgan fingerprint density at radius 3 is 2.78 bits per heavy atom. The molecule has 0 bridgehead atoms. The summed E-state index contributed by atoms with van der Waals surface area (Å²) in [7, 11) is 0. The number of aromatic nitrogens is 5. The van der Waals surface area contributed by atoms with Crippen LogP contribution in [-0.4, -0.2) is 44.1 Å². The van der Waals surface area contributed by atoms with Gasteiger partial charge in [0, 0.05) is 58.3 Å². The average Bonchev–Trinajstić information content (AvgIpc) is 3.86. The van der Waals surface area contributed by atoms with Crippen LogP contribution in [0, 0.1) is 11.8 Å². The zero-order chi connectivity index (χ0) is 30.5. The van der Waals surface area contributed by atoms with Crippen molar-refractivity contribution in [3.05, 3.63) is 59.3 Å². The first-order chi connectivity index (χ1) is 22.0. The summed E-state index contributed by atoms with van der Waals surface area (Å²) in [6.45, 7) is 6.27. The van der Waals surface area contributed by atoms with E-state index in [0.717, 1.165) is 95.1 Å². The summed E-state index contributed by atoms with van der Waals surface area (Å²) in [6, 6.07) is 8.86. The maximum Gasteiger partial charge on any atom is 0.313 e. The van der Waals surface area contributed by atoms with Crippen molar-refractivity contribution in [2.75, 3.05) is 30.0 Å². The molecular formula is C34H37N7O2S2. The van der Waals surface area contributed by atoms with Gasteiger partial charge in [-0.25, -0.2) is 4.98 Å². The molecule has 1 saturated heterocycles. The van der Waals surface area contributed by atoms with Crippen molar-refractivity contribution < 1.29 is 9.15 Å². The van der Waals surface area contributed by atoms with E-state index in [1.165, 1.54) is 21.8 Å². The minimum Gasteiger partial charge on any atom is -0.403 e. The van der Waals surface area contributed by atoms with E-state index >= 15 is 0 Å². The third-order valence-electron chi connectivity index (χ3n) is 9.56. The Balaban J connectivity index is 1.26. The first-order valence-electron chi connectivity index (χ1n) is 16.0. The van der Waals surface area contributed by atoms with Crippen LogP contribution < -0.4 is 11.1 Å². The summed E-state index contributed by atoms with van der Waals surface area (Å²) in [6.07, 6.45) is 9.83. The highest BCUT2D eigenvalue weighted by Crippen LogP contribution is 2.53. The van der Waals surface area contributed by atoms with Crippen LogP contribution in [0.2, 0.25) is 0 Å². The predicted octanol–water partition coefficient (Wildman–Crippen LogP) is 7.69. The van der Waals surface area contributed by atoms with Gasteiger partial charge in [-0.15, -0.1) is 28.2 Å². The predicted molar refractivity (Wildman–Crippen MR) is 180 cm³/mol. The molecule has 1 fully saturated rings. The molecule has 8 rings (SSSR count). The lowest BCUT2D eigenvalue weighted by atomic mass is 9.89. The van der Waals surface area contributed by atoms with Crippen molar-refractivity contribution >= 4 is 45.0 Å². The minimum absolute atomic E-state index is 0.0675. The van der Waals surface area contributed by atoms with Crippen molar-refractivity contribution in [1.82, 2.24) is 25.1 Å². The van der Waals surface area contributed by atoms with E-state index in [1.54, 1.807) is 11.3 Å². The number of hydrogen-bond donors (Lipinski definition) is 2. The standard InChI is InChI=1S/C34H37N7O2S2/c1-18(2)22-17-44-31-28(27(33-40-41-34(35)43-33)25(38-29(22)31)6-5-19-10-14-42-15-11-19)26-16-20-9-13-37-32(30(20)45-26)39-24-8-7-23-21(24)4-3-12-36-23/h3-4,9,12-13,16,18-19,22,24H,5-8,10-11,14-15,17H2,1-2H3,(H2,35,41)(H,37,39). The zero-order valence-corrected chi connectivity index (χ0v) is 27.2. The Bertz CT molecular complexity index is 1860. The van der Waals surface area contributed by atoms with Gasteiger partial charge in [0.2, 0.25) is 0 Å². The monoisotopic (exact) mass is 639 g/mol. The summed E-state index contributed by atoms with van der Waals surface area (Å²) in [4.78, 5) is 17.2. The first kappa shape index (κ1) is 28.9. The van der Waals surface area contributed by atoms with Gasteiger partial charge in [-0.1, -0.05) is 25.0 Å². The number of thioether (sulfide) groups is 1. The lowest BCUT2D eigenvalue weighted by Crippen LogP contribution is -2.17. The summed E-state index contributed by atoms with van der Waals surface area (Å²) in [5.41, 5.74) is 12.7. The van der Waals surface area contributed by atoms with Crippen LogP contribution in [0.5, 0.6) is 0 Å². The van der Waals surface area contributed by atoms with Crippen molar-refractivity contribution in [2.45, 2.75) is 69.2 Å². The van der Waals surface area contributed by atoms with Crippen LogP contribution in [0.15, 0.2) is 46.0 Å². The molecule has 5 aromatic heterocycles. The molecule has 0 aromatic carbocycles. The molecule has 2 unspecified atom stereocenters. The number of aryl methyl sites for hydroxylation is 2. The Kier molecular flexibility index (Phi) is 7.71. The van der Waals surface area contributed by atoms with Crippen molar-refractivity contribution in [2.24, 2.45) is 11.8 Å². The lowest BCUT2D eigenvalue weighted by molar-refractivity contribution is 0.0639. The molecule has 7 heterocycles. The number of nitrogens with two attached hydrogens (primary N) is 1. The van der Waals surface area contributed by atoms with Gasteiger partial charge in [0.1, 0.15) is 5.82 Å². The zero-order valence-electron chi connectivity index (χ0n) is 25.6. The smallest absolute Gasteiger partial charge is 0.313 e. The third kappa shape index (κ3) is 5.38. The van der Waals surface area contributed by atoms with E-state index in [1.807, 2.05) is 30.2 Å². The molecule has 2 aliphatic heterocycles. The Morgan fingerprint density at radius 2 is 1.96 bits per heavy atom.